The van der Waals surface area contributed by atoms with Crippen LogP contribution >= 0.6 is 11.3 Å². The van der Waals surface area contributed by atoms with E-state index in [-0.39, 0.29) is 23.7 Å². The second kappa shape index (κ2) is 7.72. The summed E-state index contributed by atoms with van der Waals surface area (Å²) < 4.78 is 18.7. The van der Waals surface area contributed by atoms with Gasteiger partial charge >= 0.3 is 0 Å². The highest BCUT2D eigenvalue weighted by molar-refractivity contribution is 7.10. The van der Waals surface area contributed by atoms with Crippen molar-refractivity contribution in [1.29, 1.82) is 0 Å². The summed E-state index contributed by atoms with van der Waals surface area (Å²) in [6.07, 6.45) is 0.144. The number of benzene rings is 1. The van der Waals surface area contributed by atoms with Crippen molar-refractivity contribution in [3.8, 4) is 5.75 Å². The highest BCUT2D eigenvalue weighted by atomic mass is 32.1. The first-order valence-corrected chi connectivity index (χ1v) is 8.20. The van der Waals surface area contributed by atoms with E-state index in [1.54, 1.807) is 17.4 Å². The minimum atomic E-state index is -0.470. The molecule has 0 spiro atoms. The number of rotatable bonds is 7. The lowest BCUT2D eigenvalue weighted by Crippen LogP contribution is -2.30. The summed E-state index contributed by atoms with van der Waals surface area (Å²) >= 11 is 1.55. The molecule has 3 unspecified atom stereocenters. The van der Waals surface area contributed by atoms with E-state index in [9.17, 15) is 9.50 Å². The third-order valence-corrected chi connectivity index (χ3v) is 4.63. The highest BCUT2D eigenvalue weighted by Gasteiger charge is 2.16. The largest absolute Gasteiger partial charge is 0.494 e. The van der Waals surface area contributed by atoms with Gasteiger partial charge in [0.1, 0.15) is 0 Å². The summed E-state index contributed by atoms with van der Waals surface area (Å²) in [5.41, 5.74) is 0.857. The number of methoxy groups -OCH3 is 1. The fourth-order valence-electron chi connectivity index (χ4n) is 2.47. The van der Waals surface area contributed by atoms with Crippen LogP contribution < -0.4 is 10.1 Å². The Kier molecular flexibility index (Phi) is 5.94. The summed E-state index contributed by atoms with van der Waals surface area (Å²) in [7, 11) is 1.45. The maximum absolute atomic E-state index is 13.8. The Balaban J connectivity index is 1.93. The Hall–Kier alpha value is -1.43. The molecule has 22 heavy (non-hydrogen) atoms. The van der Waals surface area contributed by atoms with Gasteiger partial charge in [0.15, 0.2) is 11.6 Å². The molecule has 0 amide bonds. The minimum Gasteiger partial charge on any atom is -0.494 e. The van der Waals surface area contributed by atoms with Gasteiger partial charge in [0.2, 0.25) is 0 Å². The number of aliphatic hydroxyl groups is 1. The molecule has 0 saturated carbocycles. The van der Waals surface area contributed by atoms with Gasteiger partial charge in [-0.3, -0.25) is 0 Å². The van der Waals surface area contributed by atoms with E-state index < -0.39 is 6.10 Å². The molecule has 0 aliphatic heterocycles. The first-order chi connectivity index (χ1) is 10.5. The van der Waals surface area contributed by atoms with Crippen LogP contribution in [0.3, 0.4) is 0 Å². The van der Waals surface area contributed by atoms with Crippen LogP contribution in [0.5, 0.6) is 5.75 Å². The molecular weight excluding hydrogens is 301 g/mol. The predicted molar refractivity (Wildman–Crippen MR) is 87.9 cm³/mol. The second-order valence-electron chi connectivity index (χ2n) is 5.45. The van der Waals surface area contributed by atoms with E-state index in [1.165, 1.54) is 13.2 Å². The van der Waals surface area contributed by atoms with Crippen LogP contribution in [0.1, 0.15) is 42.9 Å². The number of halogens is 1. The van der Waals surface area contributed by atoms with Crippen molar-refractivity contribution in [3.63, 3.8) is 0 Å². The summed E-state index contributed by atoms with van der Waals surface area (Å²) in [6.45, 7) is 4.00. The van der Waals surface area contributed by atoms with Gasteiger partial charge in [-0.1, -0.05) is 12.1 Å². The monoisotopic (exact) mass is 323 g/mol. The quantitative estimate of drug-likeness (QED) is 0.807. The zero-order valence-electron chi connectivity index (χ0n) is 13.0. The Morgan fingerprint density at radius 2 is 2.09 bits per heavy atom. The van der Waals surface area contributed by atoms with Gasteiger partial charge in [0, 0.05) is 17.0 Å². The third-order valence-electron chi connectivity index (χ3n) is 3.66. The molecule has 3 atom stereocenters. The SMILES string of the molecule is COc1ccc(C(C)NC(C)CC(O)c2cccs2)cc1F. The number of aliphatic hydroxyl groups excluding tert-OH is 1. The van der Waals surface area contributed by atoms with Crippen LogP contribution in [0.4, 0.5) is 4.39 Å². The molecule has 2 N–H and O–H groups in total. The molecule has 0 aliphatic carbocycles. The standard InChI is InChI=1S/C17H22FNO2S/c1-11(9-15(20)17-5-4-8-22-17)19-12(2)13-6-7-16(21-3)14(18)10-13/h4-8,10-12,15,19-20H,9H2,1-3H3. The van der Waals surface area contributed by atoms with Crippen molar-refractivity contribution in [2.24, 2.45) is 0 Å². The number of nitrogens with one attached hydrogen (secondary N) is 1. The van der Waals surface area contributed by atoms with E-state index in [1.807, 2.05) is 37.4 Å². The van der Waals surface area contributed by atoms with Crippen molar-refractivity contribution < 1.29 is 14.2 Å². The Morgan fingerprint density at radius 1 is 1.32 bits per heavy atom. The molecule has 5 heteroatoms. The summed E-state index contributed by atoms with van der Waals surface area (Å²) in [5.74, 6) is -0.114. The van der Waals surface area contributed by atoms with Crippen molar-refractivity contribution >= 4 is 11.3 Å². The molecule has 2 rings (SSSR count). The van der Waals surface area contributed by atoms with Crippen molar-refractivity contribution in [2.45, 2.75) is 38.5 Å². The molecule has 0 aliphatic rings. The normalized spacial score (nSPS) is 15.3. The predicted octanol–water partition coefficient (Wildman–Crippen LogP) is 4.06. The summed E-state index contributed by atoms with van der Waals surface area (Å²) in [4.78, 5) is 0.969. The van der Waals surface area contributed by atoms with E-state index >= 15 is 0 Å². The number of hydrogen-bond donors (Lipinski definition) is 2. The lowest BCUT2D eigenvalue weighted by molar-refractivity contribution is 0.155. The fraction of sp³-hybridized carbons (Fsp3) is 0.412. The molecule has 2 aromatic rings. The van der Waals surface area contributed by atoms with Crippen molar-refractivity contribution in [1.82, 2.24) is 5.32 Å². The van der Waals surface area contributed by atoms with E-state index in [0.29, 0.717) is 6.42 Å². The molecule has 1 heterocycles. The number of thiophene rings is 1. The number of hydrogen-bond acceptors (Lipinski definition) is 4. The molecule has 0 saturated heterocycles. The molecule has 1 aromatic carbocycles. The lowest BCUT2D eigenvalue weighted by atomic mass is 10.0. The fourth-order valence-corrected chi connectivity index (χ4v) is 3.20. The average molecular weight is 323 g/mol. The molecule has 0 radical (unpaired) electrons. The van der Waals surface area contributed by atoms with Gasteiger partial charge in [-0.05, 0) is 49.4 Å². The minimum absolute atomic E-state index is 0.00839. The van der Waals surface area contributed by atoms with Crippen LogP contribution in [-0.2, 0) is 0 Å². The van der Waals surface area contributed by atoms with Gasteiger partial charge in [0.25, 0.3) is 0 Å². The molecule has 0 fully saturated rings. The molecule has 3 nitrogen and oxygen atoms in total. The van der Waals surface area contributed by atoms with Crippen LogP contribution in [0.25, 0.3) is 0 Å². The van der Waals surface area contributed by atoms with Gasteiger partial charge in [0.05, 0.1) is 13.2 Å². The average Bonchev–Trinajstić information content (AvgIpc) is 3.01. The smallest absolute Gasteiger partial charge is 0.165 e. The van der Waals surface area contributed by atoms with Crippen LogP contribution in [0, 0.1) is 5.82 Å². The second-order valence-corrected chi connectivity index (χ2v) is 6.43. The zero-order chi connectivity index (χ0) is 16.1. The maximum atomic E-state index is 13.8. The number of ether oxygens (including phenoxy) is 1. The molecule has 120 valence electrons. The van der Waals surface area contributed by atoms with Gasteiger partial charge in [-0.2, -0.15) is 0 Å². The van der Waals surface area contributed by atoms with Crippen LogP contribution in [-0.4, -0.2) is 18.3 Å². The van der Waals surface area contributed by atoms with Gasteiger partial charge in [-0.25, -0.2) is 4.39 Å². The van der Waals surface area contributed by atoms with E-state index in [4.69, 9.17) is 4.74 Å². The van der Waals surface area contributed by atoms with Gasteiger partial charge < -0.3 is 15.2 Å². The Bertz CT molecular complexity index is 588. The van der Waals surface area contributed by atoms with E-state index in [2.05, 4.69) is 5.32 Å². The Morgan fingerprint density at radius 3 is 2.68 bits per heavy atom. The van der Waals surface area contributed by atoms with Crippen LogP contribution in [0.2, 0.25) is 0 Å². The summed E-state index contributed by atoms with van der Waals surface area (Å²) in [6, 6.07) is 8.94. The molecular formula is C17H22FNO2S. The Labute approximate surface area is 134 Å². The lowest BCUT2D eigenvalue weighted by Gasteiger charge is -2.22. The first-order valence-electron chi connectivity index (χ1n) is 7.32. The topological polar surface area (TPSA) is 41.5 Å². The summed E-state index contributed by atoms with van der Waals surface area (Å²) in [5, 5.41) is 15.5. The van der Waals surface area contributed by atoms with E-state index in [0.717, 1.165) is 10.4 Å². The first kappa shape index (κ1) is 16.9. The van der Waals surface area contributed by atoms with Crippen molar-refractivity contribution in [2.75, 3.05) is 7.11 Å². The van der Waals surface area contributed by atoms with Crippen LogP contribution in [0.15, 0.2) is 35.7 Å². The zero-order valence-corrected chi connectivity index (χ0v) is 13.9. The maximum Gasteiger partial charge on any atom is 0.165 e. The van der Waals surface area contributed by atoms with Gasteiger partial charge in [-0.15, -0.1) is 11.3 Å². The highest BCUT2D eigenvalue weighted by Crippen LogP contribution is 2.25. The van der Waals surface area contributed by atoms with Crippen molar-refractivity contribution in [3.05, 3.63) is 52.0 Å². The molecule has 1 aromatic heterocycles. The third kappa shape index (κ3) is 4.29. The molecule has 0 bridgehead atoms.